The number of piperazine rings is 1. The molecule has 1 saturated heterocycles. The molecule has 0 bridgehead atoms. The van der Waals surface area contributed by atoms with Crippen molar-refractivity contribution in [2.45, 2.75) is 6.92 Å². The Bertz CT molecular complexity index is 1330. The number of fused-ring (bicyclic) bond motifs is 1. The first-order valence-corrected chi connectivity index (χ1v) is 11.3. The van der Waals surface area contributed by atoms with E-state index in [1.54, 1.807) is 12.1 Å². The van der Waals surface area contributed by atoms with Gasteiger partial charge in [-0.1, -0.05) is 29.3 Å². The molecule has 6 heteroatoms. The third-order valence-electron chi connectivity index (χ3n) is 6.07. The van der Waals surface area contributed by atoms with Crippen molar-refractivity contribution in [1.29, 1.82) is 0 Å². The van der Waals surface area contributed by atoms with E-state index >= 15 is 0 Å². The standard InChI is InChI=1S/C27H23ClFN3O/c1-18-5-10-25-23(15-18)24(17-26(30-25)19-6-8-21(29)9-7-19)27(33)32-13-11-31(12-14-32)22-4-2-3-20(28)16-22/h2-10,15-17H,11-14H2,1H3. The van der Waals surface area contributed by atoms with Gasteiger partial charge in [-0.25, -0.2) is 9.37 Å². The first-order chi connectivity index (χ1) is 16.0. The molecule has 2 heterocycles. The molecule has 0 saturated carbocycles. The predicted octanol–water partition coefficient (Wildman–Crippen LogP) is 5.97. The number of benzene rings is 3. The van der Waals surface area contributed by atoms with Gasteiger partial charge in [0.2, 0.25) is 0 Å². The minimum absolute atomic E-state index is 0.0119. The van der Waals surface area contributed by atoms with Crippen molar-refractivity contribution in [2.75, 3.05) is 31.1 Å². The average molecular weight is 460 g/mol. The average Bonchev–Trinajstić information content (AvgIpc) is 2.83. The predicted molar refractivity (Wildman–Crippen MR) is 131 cm³/mol. The van der Waals surface area contributed by atoms with Gasteiger partial charge in [0.1, 0.15) is 5.82 Å². The van der Waals surface area contributed by atoms with E-state index in [1.165, 1.54) is 12.1 Å². The molecule has 1 amide bonds. The van der Waals surface area contributed by atoms with Crippen molar-refractivity contribution in [1.82, 2.24) is 9.88 Å². The number of anilines is 1. The molecule has 0 spiro atoms. The topological polar surface area (TPSA) is 36.4 Å². The Morgan fingerprint density at radius 2 is 1.70 bits per heavy atom. The highest BCUT2D eigenvalue weighted by molar-refractivity contribution is 6.30. The number of pyridine rings is 1. The molecule has 0 radical (unpaired) electrons. The second-order valence-corrected chi connectivity index (χ2v) is 8.78. The maximum absolute atomic E-state index is 13.7. The SMILES string of the molecule is Cc1ccc2nc(-c3ccc(F)cc3)cc(C(=O)N3CCN(c4cccc(Cl)c4)CC3)c2c1. The van der Waals surface area contributed by atoms with Crippen LogP contribution in [0.25, 0.3) is 22.2 Å². The number of hydrogen-bond donors (Lipinski definition) is 0. The molecule has 3 aromatic carbocycles. The van der Waals surface area contributed by atoms with Crippen molar-refractivity contribution in [2.24, 2.45) is 0 Å². The Morgan fingerprint density at radius 1 is 0.939 bits per heavy atom. The molecule has 0 aliphatic carbocycles. The third kappa shape index (κ3) is 4.41. The van der Waals surface area contributed by atoms with Crippen LogP contribution in [0.1, 0.15) is 15.9 Å². The Kier molecular flexibility index (Phi) is 5.73. The van der Waals surface area contributed by atoms with E-state index in [1.807, 2.05) is 60.4 Å². The molecule has 0 N–H and O–H groups in total. The maximum atomic E-state index is 13.7. The minimum Gasteiger partial charge on any atom is -0.368 e. The van der Waals surface area contributed by atoms with Crippen LogP contribution in [0.5, 0.6) is 0 Å². The molecule has 5 rings (SSSR count). The molecule has 1 aliphatic heterocycles. The van der Waals surface area contributed by atoms with Crippen LogP contribution in [-0.2, 0) is 0 Å². The molecule has 0 unspecified atom stereocenters. The monoisotopic (exact) mass is 459 g/mol. The lowest BCUT2D eigenvalue weighted by atomic mass is 10.0. The summed E-state index contributed by atoms with van der Waals surface area (Å²) in [6.07, 6.45) is 0. The van der Waals surface area contributed by atoms with Crippen LogP contribution < -0.4 is 4.90 Å². The van der Waals surface area contributed by atoms with Crippen LogP contribution in [0, 0.1) is 12.7 Å². The second-order valence-electron chi connectivity index (χ2n) is 8.34. The van der Waals surface area contributed by atoms with E-state index < -0.39 is 0 Å². The summed E-state index contributed by atoms with van der Waals surface area (Å²) in [6.45, 7) is 4.71. The number of amides is 1. The molecule has 4 aromatic rings. The lowest BCUT2D eigenvalue weighted by Gasteiger charge is -2.36. The number of carbonyl (C=O) groups is 1. The van der Waals surface area contributed by atoms with Crippen molar-refractivity contribution in [3.8, 4) is 11.3 Å². The summed E-state index contributed by atoms with van der Waals surface area (Å²) in [7, 11) is 0. The fourth-order valence-corrected chi connectivity index (χ4v) is 4.48. The van der Waals surface area contributed by atoms with E-state index in [0.29, 0.717) is 29.4 Å². The Morgan fingerprint density at radius 3 is 2.42 bits per heavy atom. The van der Waals surface area contributed by atoms with Gasteiger partial charge < -0.3 is 9.80 Å². The first kappa shape index (κ1) is 21.4. The van der Waals surface area contributed by atoms with Gasteiger partial charge in [0.05, 0.1) is 16.8 Å². The Labute approximate surface area is 197 Å². The van der Waals surface area contributed by atoms with Gasteiger partial charge in [-0.3, -0.25) is 4.79 Å². The van der Waals surface area contributed by atoms with Crippen LogP contribution in [-0.4, -0.2) is 42.0 Å². The molecule has 33 heavy (non-hydrogen) atoms. The highest BCUT2D eigenvalue weighted by Crippen LogP contribution is 2.28. The van der Waals surface area contributed by atoms with E-state index in [-0.39, 0.29) is 11.7 Å². The molecule has 1 aromatic heterocycles. The summed E-state index contributed by atoms with van der Waals surface area (Å²) in [5, 5.41) is 1.54. The number of aryl methyl sites for hydroxylation is 1. The lowest BCUT2D eigenvalue weighted by Crippen LogP contribution is -2.48. The molecule has 1 aliphatic rings. The Hall–Kier alpha value is -3.44. The first-order valence-electron chi connectivity index (χ1n) is 10.9. The van der Waals surface area contributed by atoms with Crippen molar-refractivity contribution < 1.29 is 9.18 Å². The molecule has 1 fully saturated rings. The number of halogens is 2. The molecule has 4 nitrogen and oxygen atoms in total. The highest BCUT2D eigenvalue weighted by Gasteiger charge is 2.24. The summed E-state index contributed by atoms with van der Waals surface area (Å²) in [5.74, 6) is -0.314. The van der Waals surface area contributed by atoms with E-state index in [4.69, 9.17) is 16.6 Å². The number of hydrogen-bond acceptors (Lipinski definition) is 3. The van der Waals surface area contributed by atoms with E-state index in [9.17, 15) is 9.18 Å². The molecule has 166 valence electrons. The summed E-state index contributed by atoms with van der Waals surface area (Å²) < 4.78 is 13.4. The van der Waals surface area contributed by atoms with Crippen LogP contribution >= 0.6 is 11.6 Å². The second kappa shape index (κ2) is 8.83. The van der Waals surface area contributed by atoms with E-state index in [0.717, 1.165) is 40.8 Å². The van der Waals surface area contributed by atoms with Crippen molar-refractivity contribution in [3.05, 3.63) is 94.8 Å². The van der Waals surface area contributed by atoms with Gasteiger partial charge in [-0.05, 0) is 67.6 Å². The zero-order valence-corrected chi connectivity index (χ0v) is 19.0. The Balaban J connectivity index is 1.46. The minimum atomic E-state index is -0.302. The van der Waals surface area contributed by atoms with Gasteiger partial charge in [0, 0.05) is 47.8 Å². The summed E-state index contributed by atoms with van der Waals surface area (Å²) in [6, 6.07) is 21.8. The summed E-state index contributed by atoms with van der Waals surface area (Å²) >= 11 is 6.15. The van der Waals surface area contributed by atoms with E-state index in [2.05, 4.69) is 4.90 Å². The van der Waals surface area contributed by atoms with Gasteiger partial charge in [-0.15, -0.1) is 0 Å². The number of carbonyl (C=O) groups excluding carboxylic acids is 1. The van der Waals surface area contributed by atoms with Crippen molar-refractivity contribution >= 4 is 34.1 Å². The van der Waals surface area contributed by atoms with Crippen LogP contribution in [0.4, 0.5) is 10.1 Å². The van der Waals surface area contributed by atoms with Crippen LogP contribution in [0.2, 0.25) is 5.02 Å². The lowest BCUT2D eigenvalue weighted by molar-refractivity contribution is 0.0748. The number of nitrogens with zero attached hydrogens (tertiary/aromatic N) is 3. The zero-order valence-electron chi connectivity index (χ0n) is 18.3. The highest BCUT2D eigenvalue weighted by atomic mass is 35.5. The van der Waals surface area contributed by atoms with Gasteiger partial charge in [-0.2, -0.15) is 0 Å². The van der Waals surface area contributed by atoms with Crippen LogP contribution in [0.15, 0.2) is 72.8 Å². The summed E-state index contributed by atoms with van der Waals surface area (Å²) in [4.78, 5) is 22.5. The van der Waals surface area contributed by atoms with Crippen molar-refractivity contribution in [3.63, 3.8) is 0 Å². The van der Waals surface area contributed by atoms with Gasteiger partial charge >= 0.3 is 0 Å². The van der Waals surface area contributed by atoms with Crippen LogP contribution in [0.3, 0.4) is 0 Å². The molecular weight excluding hydrogens is 437 g/mol. The maximum Gasteiger partial charge on any atom is 0.254 e. The van der Waals surface area contributed by atoms with Gasteiger partial charge in [0.25, 0.3) is 5.91 Å². The number of aromatic nitrogens is 1. The molecule has 0 atom stereocenters. The fourth-order valence-electron chi connectivity index (χ4n) is 4.30. The van der Waals surface area contributed by atoms with Gasteiger partial charge in [0.15, 0.2) is 0 Å². The smallest absolute Gasteiger partial charge is 0.254 e. The quantitative estimate of drug-likeness (QED) is 0.379. The third-order valence-corrected chi connectivity index (χ3v) is 6.31. The zero-order chi connectivity index (χ0) is 22.9. The number of rotatable bonds is 3. The molecular formula is C27H23ClFN3O. The fraction of sp³-hybridized carbons (Fsp3) is 0.185. The largest absolute Gasteiger partial charge is 0.368 e. The summed E-state index contributed by atoms with van der Waals surface area (Å²) in [5.41, 5.74) is 4.95. The normalized spacial score (nSPS) is 14.0.